The van der Waals surface area contributed by atoms with Crippen LogP contribution in [0.4, 0.5) is 0 Å². The summed E-state index contributed by atoms with van der Waals surface area (Å²) in [6.45, 7) is 8.04. The highest BCUT2D eigenvalue weighted by atomic mass is 16.6. The lowest BCUT2D eigenvalue weighted by Gasteiger charge is -1.89. The highest BCUT2D eigenvalue weighted by Crippen LogP contribution is 2.01. The van der Waals surface area contributed by atoms with E-state index in [0.29, 0.717) is 5.57 Å². The number of nitrogens with zero attached hydrogens (tertiary/aromatic N) is 1. The summed E-state index contributed by atoms with van der Waals surface area (Å²) in [4.78, 5) is 9.23. The molecular weight excluding hydrogens is 106 g/mol. The van der Waals surface area contributed by atoms with Crippen LogP contribution in [0.3, 0.4) is 0 Å². The zero-order chi connectivity index (χ0) is 6.73. The van der Waals surface area contributed by atoms with Gasteiger partial charge in [0.1, 0.15) is 0 Å². The second kappa shape index (κ2) is 2.26. The third kappa shape index (κ3) is 1.55. The molecule has 0 N–H and O–H groups in total. The van der Waals surface area contributed by atoms with Crippen LogP contribution in [-0.4, -0.2) is 4.92 Å². The van der Waals surface area contributed by atoms with Crippen molar-refractivity contribution in [1.29, 1.82) is 0 Å². The van der Waals surface area contributed by atoms with Gasteiger partial charge in [-0.2, -0.15) is 0 Å². The van der Waals surface area contributed by atoms with Crippen LogP contribution < -0.4 is 0 Å². The quantitative estimate of drug-likeness (QED) is 0.308. The highest BCUT2D eigenvalue weighted by molar-refractivity contribution is 5.14. The summed E-state index contributed by atoms with van der Waals surface area (Å²) in [7, 11) is 0. The van der Waals surface area contributed by atoms with Gasteiger partial charge in [-0.3, -0.25) is 10.1 Å². The molecule has 44 valence electrons. The highest BCUT2D eigenvalue weighted by Gasteiger charge is 2.04. The fourth-order valence-corrected chi connectivity index (χ4v) is 0.156. The van der Waals surface area contributed by atoms with Gasteiger partial charge in [-0.05, 0) is 13.5 Å². The Kier molecular flexibility index (Phi) is 1.94. The van der Waals surface area contributed by atoms with E-state index in [9.17, 15) is 10.1 Å². The fraction of sp³-hybridized carbons (Fsp3) is 0.200. The molecule has 0 rings (SSSR count). The number of hydrogen-bond acceptors (Lipinski definition) is 2. The van der Waals surface area contributed by atoms with Crippen molar-refractivity contribution in [1.82, 2.24) is 0 Å². The molecule has 0 aliphatic rings. The van der Waals surface area contributed by atoms with Crippen molar-refractivity contribution in [3.8, 4) is 0 Å². The van der Waals surface area contributed by atoms with E-state index >= 15 is 0 Å². The normalized spacial score (nSPS) is 8.12. The molecule has 0 aromatic carbocycles. The maximum atomic E-state index is 9.79. The van der Waals surface area contributed by atoms with Crippen LogP contribution in [0.5, 0.6) is 0 Å². The Labute approximate surface area is 47.5 Å². The molecule has 0 heterocycles. The molecule has 0 saturated heterocycles. The first-order valence-electron chi connectivity index (χ1n) is 2.05. The number of rotatable bonds is 2. The van der Waals surface area contributed by atoms with Gasteiger partial charge in [0.15, 0.2) is 0 Å². The second-order valence-corrected chi connectivity index (χ2v) is 1.48. The van der Waals surface area contributed by atoms with Crippen molar-refractivity contribution in [2.24, 2.45) is 0 Å². The van der Waals surface area contributed by atoms with Crippen LogP contribution in [-0.2, 0) is 0 Å². The van der Waals surface area contributed by atoms with Crippen LogP contribution in [0.2, 0.25) is 0 Å². The van der Waals surface area contributed by atoms with Gasteiger partial charge in [0.2, 0.25) is 0 Å². The fourth-order valence-electron chi connectivity index (χ4n) is 0.156. The third-order valence-corrected chi connectivity index (χ3v) is 0.713. The lowest BCUT2D eigenvalue weighted by Crippen LogP contribution is -1.96. The van der Waals surface area contributed by atoms with E-state index in [0.717, 1.165) is 0 Å². The average molecular weight is 113 g/mol. The smallest absolute Gasteiger partial charge is 0.258 e. The zero-order valence-electron chi connectivity index (χ0n) is 4.68. The molecule has 0 spiro atoms. The first kappa shape index (κ1) is 6.88. The van der Waals surface area contributed by atoms with Gasteiger partial charge in [-0.25, -0.2) is 0 Å². The average Bonchev–Trinajstić information content (AvgIpc) is 1.64. The van der Waals surface area contributed by atoms with Crippen LogP contribution in [0, 0.1) is 10.1 Å². The Balaban J connectivity index is 4.05. The molecule has 3 heteroatoms. The van der Waals surface area contributed by atoms with E-state index in [-0.39, 0.29) is 5.70 Å². The van der Waals surface area contributed by atoms with Crippen molar-refractivity contribution in [2.45, 2.75) is 6.92 Å². The molecule has 0 atom stereocenters. The molecule has 0 aromatic heterocycles. The van der Waals surface area contributed by atoms with Crippen molar-refractivity contribution in [3.63, 3.8) is 0 Å². The molecule has 0 aliphatic heterocycles. The van der Waals surface area contributed by atoms with Crippen LogP contribution in [0.1, 0.15) is 6.92 Å². The first-order valence-corrected chi connectivity index (χ1v) is 2.05. The maximum Gasteiger partial charge on any atom is 0.264 e. The van der Waals surface area contributed by atoms with E-state index in [1.807, 2.05) is 0 Å². The molecule has 0 bridgehead atoms. The minimum absolute atomic E-state index is 0.120. The van der Waals surface area contributed by atoms with E-state index < -0.39 is 4.92 Å². The van der Waals surface area contributed by atoms with Crippen molar-refractivity contribution >= 4 is 0 Å². The van der Waals surface area contributed by atoms with Gasteiger partial charge in [0.25, 0.3) is 5.70 Å². The van der Waals surface area contributed by atoms with Crippen LogP contribution in [0.25, 0.3) is 0 Å². The molecule has 3 nitrogen and oxygen atoms in total. The van der Waals surface area contributed by atoms with E-state index in [4.69, 9.17) is 0 Å². The van der Waals surface area contributed by atoms with Gasteiger partial charge in [0, 0.05) is 5.57 Å². The zero-order valence-corrected chi connectivity index (χ0v) is 4.68. The minimum Gasteiger partial charge on any atom is -0.258 e. The SMILES string of the molecule is C=C(C)C(=C)[N+](=O)[O-]. The van der Waals surface area contributed by atoms with Gasteiger partial charge < -0.3 is 0 Å². The largest absolute Gasteiger partial charge is 0.264 e. The standard InChI is InChI=1S/C5H7NO2/c1-4(2)5(3)6(7)8/h1,3H2,2H3. The predicted octanol–water partition coefficient (Wildman–Crippen LogP) is 1.35. The first-order chi connectivity index (χ1) is 3.55. The number of nitro groups is 1. The summed E-state index contributed by atoms with van der Waals surface area (Å²) < 4.78 is 0. The summed E-state index contributed by atoms with van der Waals surface area (Å²) >= 11 is 0. The molecule has 0 amide bonds. The molecule has 0 aliphatic carbocycles. The summed E-state index contributed by atoms with van der Waals surface area (Å²) in [6.07, 6.45) is 0. The Morgan fingerprint density at radius 3 is 2.00 bits per heavy atom. The molecule has 0 aromatic rings. The van der Waals surface area contributed by atoms with Crippen LogP contribution >= 0.6 is 0 Å². The molecule has 0 saturated carbocycles. The lowest BCUT2D eigenvalue weighted by molar-refractivity contribution is -0.420. The van der Waals surface area contributed by atoms with Crippen molar-refractivity contribution in [3.05, 3.63) is 34.5 Å². The van der Waals surface area contributed by atoms with Crippen molar-refractivity contribution in [2.75, 3.05) is 0 Å². The molecular formula is C5H7NO2. The Morgan fingerprint density at radius 1 is 1.62 bits per heavy atom. The molecule has 8 heavy (non-hydrogen) atoms. The lowest BCUT2D eigenvalue weighted by atomic mass is 10.3. The molecule has 0 unspecified atom stereocenters. The van der Waals surface area contributed by atoms with Crippen LogP contribution in [0.15, 0.2) is 24.4 Å². The summed E-state index contributed by atoms with van der Waals surface area (Å²) in [5, 5.41) is 9.79. The summed E-state index contributed by atoms with van der Waals surface area (Å²) in [5.41, 5.74) is 0.278. The van der Waals surface area contributed by atoms with E-state index in [2.05, 4.69) is 13.2 Å². The second-order valence-electron chi connectivity index (χ2n) is 1.48. The maximum absolute atomic E-state index is 9.79. The van der Waals surface area contributed by atoms with Crippen molar-refractivity contribution < 1.29 is 4.92 Å². The Bertz CT molecular complexity index is 133. The Morgan fingerprint density at radius 2 is 2.00 bits per heavy atom. The number of allylic oxidation sites excluding steroid dienone is 1. The summed E-state index contributed by atoms with van der Waals surface area (Å²) in [6, 6.07) is 0. The third-order valence-electron chi connectivity index (χ3n) is 0.713. The molecule has 0 radical (unpaired) electrons. The van der Waals surface area contributed by atoms with Gasteiger partial charge in [-0.1, -0.05) is 6.58 Å². The Hall–Kier alpha value is -1.12. The van der Waals surface area contributed by atoms with Gasteiger partial charge in [-0.15, -0.1) is 0 Å². The molecule has 0 fully saturated rings. The van der Waals surface area contributed by atoms with E-state index in [1.165, 1.54) is 0 Å². The topological polar surface area (TPSA) is 43.1 Å². The van der Waals surface area contributed by atoms with Gasteiger partial charge >= 0.3 is 0 Å². The van der Waals surface area contributed by atoms with Gasteiger partial charge in [0.05, 0.1) is 4.92 Å². The number of hydrogen-bond donors (Lipinski definition) is 0. The van der Waals surface area contributed by atoms with E-state index in [1.54, 1.807) is 6.92 Å². The summed E-state index contributed by atoms with van der Waals surface area (Å²) in [5.74, 6) is 0. The minimum atomic E-state index is -0.553. The monoisotopic (exact) mass is 113 g/mol. The predicted molar refractivity (Wildman–Crippen MR) is 30.9 cm³/mol.